The average molecular weight is 291 g/mol. The van der Waals surface area contributed by atoms with Crippen molar-refractivity contribution in [3.8, 4) is 0 Å². The summed E-state index contributed by atoms with van der Waals surface area (Å²) < 4.78 is 4.84. The van der Waals surface area contributed by atoms with Gasteiger partial charge in [0, 0.05) is 13.1 Å². The second kappa shape index (κ2) is 5.92. The minimum Gasteiger partial charge on any atom is -0.465 e. The third kappa shape index (κ3) is 3.46. The quantitative estimate of drug-likeness (QED) is 0.848. The third-order valence-corrected chi connectivity index (χ3v) is 4.31. The fraction of sp³-hybridized carbons (Fsp3) is 0.625. The molecule has 0 aromatic carbocycles. The lowest BCUT2D eigenvalue weighted by atomic mass is 9.75. The number of nitrogens with two attached hydrogens (primary N) is 1. The predicted octanol–water partition coefficient (Wildman–Crippen LogP) is 2.71. The van der Waals surface area contributed by atoms with Crippen LogP contribution in [0.25, 0.3) is 0 Å². The second-order valence-electron chi connectivity index (χ2n) is 6.76. The molecule has 21 heavy (non-hydrogen) atoms. The fourth-order valence-corrected chi connectivity index (χ4v) is 2.94. The van der Waals surface area contributed by atoms with E-state index in [1.807, 2.05) is 0 Å². The molecule has 1 aromatic heterocycles. The second-order valence-corrected chi connectivity index (χ2v) is 6.76. The lowest BCUT2D eigenvalue weighted by Gasteiger charge is -2.39. The van der Waals surface area contributed by atoms with Crippen LogP contribution in [0.3, 0.4) is 0 Å². The third-order valence-electron chi connectivity index (χ3n) is 4.31. The summed E-state index contributed by atoms with van der Waals surface area (Å²) in [6.07, 6.45) is 3.81. The molecule has 2 heterocycles. The molecule has 5 nitrogen and oxygen atoms in total. The van der Waals surface area contributed by atoms with E-state index in [9.17, 15) is 4.79 Å². The molecule has 0 bridgehead atoms. The summed E-state index contributed by atoms with van der Waals surface area (Å²) >= 11 is 0. The molecular formula is C16H25N3O2. The molecule has 1 aliphatic rings. The molecule has 1 aliphatic heterocycles. The number of carbonyl (C=O) groups is 1. The number of piperidine rings is 1. The first-order chi connectivity index (χ1) is 9.82. The molecule has 0 aliphatic carbocycles. The summed E-state index contributed by atoms with van der Waals surface area (Å²) in [5.74, 6) is 0.996. The molecule has 0 atom stereocenters. The predicted molar refractivity (Wildman–Crippen MR) is 84.4 cm³/mol. The van der Waals surface area contributed by atoms with Crippen LogP contribution in [0.2, 0.25) is 0 Å². The van der Waals surface area contributed by atoms with Crippen LogP contribution >= 0.6 is 0 Å². The van der Waals surface area contributed by atoms with E-state index in [0.29, 0.717) is 28.4 Å². The highest BCUT2D eigenvalue weighted by molar-refractivity contribution is 5.95. The molecule has 1 saturated heterocycles. The maximum Gasteiger partial charge on any atom is 0.341 e. The number of carbonyl (C=O) groups excluding carboxylic acids is 1. The maximum absolute atomic E-state index is 11.9. The van der Waals surface area contributed by atoms with Gasteiger partial charge in [-0.15, -0.1) is 0 Å². The SMILES string of the molecule is COC(=O)c1cc(N)cnc1N1CCC(C(C)(C)C)CC1. The zero-order chi connectivity index (χ0) is 15.6. The number of esters is 1. The standard InChI is InChI=1S/C16H25N3O2/c1-16(2,3)11-5-7-19(8-6-11)14-13(15(20)21-4)9-12(17)10-18-14/h9-11H,5-8,17H2,1-4H3. The van der Waals surface area contributed by atoms with Gasteiger partial charge in [0.2, 0.25) is 0 Å². The summed E-state index contributed by atoms with van der Waals surface area (Å²) in [7, 11) is 1.38. The van der Waals surface area contributed by atoms with E-state index in [2.05, 4.69) is 30.7 Å². The first-order valence-corrected chi connectivity index (χ1v) is 7.41. The zero-order valence-electron chi connectivity index (χ0n) is 13.3. The summed E-state index contributed by atoms with van der Waals surface area (Å²) in [5, 5.41) is 0. The number of nitrogen functional groups attached to an aromatic ring is 1. The summed E-state index contributed by atoms with van der Waals surface area (Å²) in [4.78, 5) is 18.4. The highest BCUT2D eigenvalue weighted by Crippen LogP contribution is 2.36. The lowest BCUT2D eigenvalue weighted by Crippen LogP contribution is -2.39. The first kappa shape index (κ1) is 15.6. The van der Waals surface area contributed by atoms with Crippen molar-refractivity contribution in [2.24, 2.45) is 11.3 Å². The first-order valence-electron chi connectivity index (χ1n) is 7.41. The van der Waals surface area contributed by atoms with Crippen molar-refractivity contribution in [1.29, 1.82) is 0 Å². The monoisotopic (exact) mass is 291 g/mol. The maximum atomic E-state index is 11.9. The number of methoxy groups -OCH3 is 1. The molecule has 0 unspecified atom stereocenters. The topological polar surface area (TPSA) is 68.5 Å². The van der Waals surface area contributed by atoms with Gasteiger partial charge in [-0.1, -0.05) is 20.8 Å². The number of pyridine rings is 1. The Morgan fingerprint density at radius 1 is 1.38 bits per heavy atom. The van der Waals surface area contributed by atoms with Gasteiger partial charge in [-0.05, 0) is 30.2 Å². The van der Waals surface area contributed by atoms with Gasteiger partial charge in [0.1, 0.15) is 11.4 Å². The molecule has 1 aromatic rings. The van der Waals surface area contributed by atoms with Gasteiger partial charge in [0.15, 0.2) is 0 Å². The molecule has 1 fully saturated rings. The number of nitrogens with zero attached hydrogens (tertiary/aromatic N) is 2. The number of aromatic nitrogens is 1. The van der Waals surface area contributed by atoms with Gasteiger partial charge in [0.25, 0.3) is 0 Å². The van der Waals surface area contributed by atoms with Gasteiger partial charge < -0.3 is 15.4 Å². The number of anilines is 2. The Balaban J connectivity index is 2.19. The van der Waals surface area contributed by atoms with Crippen LogP contribution in [-0.4, -0.2) is 31.2 Å². The van der Waals surface area contributed by atoms with Crippen molar-refractivity contribution in [3.63, 3.8) is 0 Å². The van der Waals surface area contributed by atoms with Crippen molar-refractivity contribution >= 4 is 17.5 Å². The van der Waals surface area contributed by atoms with Gasteiger partial charge in [-0.25, -0.2) is 9.78 Å². The van der Waals surface area contributed by atoms with Crippen LogP contribution in [0, 0.1) is 11.3 Å². The Morgan fingerprint density at radius 2 is 2.00 bits per heavy atom. The molecular weight excluding hydrogens is 266 g/mol. The van der Waals surface area contributed by atoms with Crippen molar-refractivity contribution in [2.75, 3.05) is 30.8 Å². The van der Waals surface area contributed by atoms with E-state index in [0.717, 1.165) is 25.9 Å². The summed E-state index contributed by atoms with van der Waals surface area (Å²) in [5.41, 5.74) is 6.99. The average Bonchev–Trinajstić information content (AvgIpc) is 2.45. The van der Waals surface area contributed by atoms with E-state index in [1.54, 1.807) is 12.3 Å². The summed E-state index contributed by atoms with van der Waals surface area (Å²) in [6.45, 7) is 8.67. The molecule has 0 amide bonds. The van der Waals surface area contributed by atoms with Crippen molar-refractivity contribution < 1.29 is 9.53 Å². The number of hydrogen-bond acceptors (Lipinski definition) is 5. The van der Waals surface area contributed by atoms with Crippen LogP contribution in [-0.2, 0) is 4.74 Å². The molecule has 2 N–H and O–H groups in total. The lowest BCUT2D eigenvalue weighted by molar-refractivity contribution is 0.0600. The van der Waals surface area contributed by atoms with E-state index < -0.39 is 0 Å². The summed E-state index contributed by atoms with van der Waals surface area (Å²) in [6, 6.07) is 1.64. The van der Waals surface area contributed by atoms with Gasteiger partial charge in [-0.2, -0.15) is 0 Å². The van der Waals surface area contributed by atoms with E-state index in [-0.39, 0.29) is 5.97 Å². The number of ether oxygens (including phenoxy) is 1. The zero-order valence-corrected chi connectivity index (χ0v) is 13.3. The molecule has 5 heteroatoms. The van der Waals surface area contributed by atoms with Crippen molar-refractivity contribution in [2.45, 2.75) is 33.6 Å². The highest BCUT2D eigenvalue weighted by Gasteiger charge is 2.30. The van der Waals surface area contributed by atoms with Crippen molar-refractivity contribution in [3.05, 3.63) is 17.8 Å². The van der Waals surface area contributed by atoms with E-state index in [4.69, 9.17) is 10.5 Å². The number of rotatable bonds is 2. The molecule has 0 radical (unpaired) electrons. The van der Waals surface area contributed by atoms with Gasteiger partial charge >= 0.3 is 5.97 Å². The van der Waals surface area contributed by atoms with Crippen LogP contribution in [0.1, 0.15) is 44.0 Å². The Hall–Kier alpha value is -1.78. The smallest absolute Gasteiger partial charge is 0.341 e. The van der Waals surface area contributed by atoms with Crippen LogP contribution in [0.5, 0.6) is 0 Å². The molecule has 2 rings (SSSR count). The minimum absolute atomic E-state index is 0.325. The van der Waals surface area contributed by atoms with Crippen molar-refractivity contribution in [1.82, 2.24) is 4.98 Å². The Kier molecular flexibility index (Phi) is 4.40. The van der Waals surface area contributed by atoms with Crippen LogP contribution < -0.4 is 10.6 Å². The van der Waals surface area contributed by atoms with Gasteiger partial charge in [0.05, 0.1) is 19.0 Å². The normalized spacial score (nSPS) is 16.9. The highest BCUT2D eigenvalue weighted by atomic mass is 16.5. The molecule has 116 valence electrons. The van der Waals surface area contributed by atoms with Crippen LogP contribution in [0.15, 0.2) is 12.3 Å². The van der Waals surface area contributed by atoms with E-state index >= 15 is 0 Å². The number of hydrogen-bond donors (Lipinski definition) is 1. The van der Waals surface area contributed by atoms with Gasteiger partial charge in [-0.3, -0.25) is 0 Å². The Bertz CT molecular complexity index is 515. The van der Waals surface area contributed by atoms with Crippen LogP contribution in [0.4, 0.5) is 11.5 Å². The molecule has 0 saturated carbocycles. The van der Waals surface area contributed by atoms with E-state index in [1.165, 1.54) is 7.11 Å². The molecule has 0 spiro atoms. The Labute approximate surface area is 126 Å². The fourth-order valence-electron chi connectivity index (χ4n) is 2.94. The largest absolute Gasteiger partial charge is 0.465 e. The minimum atomic E-state index is -0.386. The Morgan fingerprint density at radius 3 is 2.52 bits per heavy atom.